The maximum Gasteiger partial charge on any atom is 0.327 e. The van der Waals surface area contributed by atoms with Gasteiger partial charge in [-0.05, 0) is 6.42 Å². The zero-order valence-corrected chi connectivity index (χ0v) is 15.5. The minimum atomic E-state index is -2.45. The minimum absolute atomic E-state index is 0.0312. The quantitative estimate of drug-likeness (QED) is 0.232. The van der Waals surface area contributed by atoms with E-state index in [2.05, 4.69) is 26.3 Å². The Balaban J connectivity index is -0.0000000802. The van der Waals surface area contributed by atoms with Crippen LogP contribution in [0.15, 0.2) is 50.6 Å². The lowest BCUT2D eigenvalue weighted by atomic mass is 10.2. The first kappa shape index (κ1) is 35.8. The molecule has 0 unspecified atom stereocenters. The van der Waals surface area contributed by atoms with E-state index in [0.717, 1.165) is 30.7 Å². The monoisotopic (exact) mass is 408 g/mol. The molecule has 0 atom stereocenters. The molecule has 162 valence electrons. The number of hydrogen-bond acceptors (Lipinski definition) is 7. The highest BCUT2D eigenvalue weighted by Gasteiger charge is 2.15. The summed E-state index contributed by atoms with van der Waals surface area (Å²) in [6.45, 7) is 13.8. The van der Waals surface area contributed by atoms with Crippen molar-refractivity contribution < 1.29 is 54.9 Å². The molecule has 0 rings (SSSR count). The number of carboxylic acids is 4. The van der Waals surface area contributed by atoms with Crippen molar-refractivity contribution in [3.05, 3.63) is 50.6 Å². The van der Waals surface area contributed by atoms with Crippen LogP contribution in [0.4, 0.5) is 0 Å². The molecule has 0 amide bonds. The summed E-state index contributed by atoms with van der Waals surface area (Å²) in [7, 11) is 0. The van der Waals surface area contributed by atoms with Crippen molar-refractivity contribution in [2.45, 2.75) is 32.2 Å². The number of carboxylic acid groups (broad SMARTS) is 4. The smallest absolute Gasteiger partial charge is 0.327 e. The molecule has 11 heteroatoms. The molecule has 0 heterocycles. The van der Waals surface area contributed by atoms with Crippen LogP contribution in [-0.4, -0.2) is 65.6 Å². The molecule has 11 nitrogen and oxygen atoms in total. The lowest BCUT2D eigenvalue weighted by Crippen LogP contribution is -2.26. The summed E-state index contributed by atoms with van der Waals surface area (Å²) < 4.78 is 0. The Bertz CT molecular complexity index is 416. The van der Waals surface area contributed by atoms with E-state index >= 15 is 0 Å². The summed E-state index contributed by atoms with van der Waals surface area (Å²) in [5, 5.41) is 55.2. The van der Waals surface area contributed by atoms with Gasteiger partial charge >= 0.3 is 23.9 Å². The number of aliphatic carboxylic acids is 4. The fourth-order valence-electron chi connectivity index (χ4n) is 0.414. The number of carbonyl (C=O) groups is 4. The Kier molecular flexibility index (Phi) is 33.2. The molecule has 0 aliphatic heterocycles. The van der Waals surface area contributed by atoms with Crippen molar-refractivity contribution in [1.82, 2.24) is 0 Å². The van der Waals surface area contributed by atoms with Gasteiger partial charge in [0, 0.05) is 30.7 Å². The Morgan fingerprint density at radius 2 is 0.857 bits per heavy atom. The van der Waals surface area contributed by atoms with Crippen molar-refractivity contribution >= 4 is 23.9 Å². The first-order chi connectivity index (χ1) is 12.6. The zero-order valence-electron chi connectivity index (χ0n) is 15.5. The molecule has 0 aliphatic rings. The first-order valence-electron chi connectivity index (χ1n) is 7.23. The van der Waals surface area contributed by atoms with Crippen LogP contribution in [0.3, 0.4) is 0 Å². The molecule has 0 aliphatic carbocycles. The molecule has 0 aromatic carbocycles. The lowest BCUT2D eigenvalue weighted by molar-refractivity contribution is -0.314. The molecule has 0 bridgehead atoms. The topological polar surface area (TPSA) is 210 Å². The van der Waals surface area contributed by atoms with Gasteiger partial charge in [0.15, 0.2) is 0 Å². The van der Waals surface area contributed by atoms with E-state index in [1.54, 1.807) is 0 Å². The highest BCUT2D eigenvalue weighted by molar-refractivity contribution is 5.79. The fraction of sp³-hybridized carbons (Fsp3) is 0.294. The van der Waals surface area contributed by atoms with Crippen molar-refractivity contribution in [2.24, 2.45) is 0 Å². The third kappa shape index (κ3) is 113. The average molecular weight is 408 g/mol. The van der Waals surface area contributed by atoms with Gasteiger partial charge in [0.1, 0.15) is 0 Å². The van der Waals surface area contributed by atoms with Gasteiger partial charge in [-0.25, -0.2) is 19.2 Å². The summed E-state index contributed by atoms with van der Waals surface area (Å²) in [6, 6.07) is 0. The summed E-state index contributed by atoms with van der Waals surface area (Å²) >= 11 is 0. The molecule has 0 saturated heterocycles. The SMILES string of the molecule is C=CC(=O)O.C=CC(=O)O.C=CC(=O)O.C=CC(=O)O.CCCCC(O)(O)O. The molecule has 0 aromatic heterocycles. The van der Waals surface area contributed by atoms with Crippen molar-refractivity contribution in [2.75, 3.05) is 0 Å². The van der Waals surface area contributed by atoms with Crippen LogP contribution in [0.1, 0.15) is 26.2 Å². The van der Waals surface area contributed by atoms with Crippen molar-refractivity contribution in [3.63, 3.8) is 0 Å². The Morgan fingerprint density at radius 3 is 0.893 bits per heavy atom. The third-order valence-electron chi connectivity index (χ3n) is 1.56. The van der Waals surface area contributed by atoms with E-state index in [4.69, 9.17) is 35.7 Å². The zero-order chi connectivity index (χ0) is 23.8. The summed E-state index contributed by atoms with van der Waals surface area (Å²) in [4.78, 5) is 37.0. The summed E-state index contributed by atoms with van der Waals surface area (Å²) in [6.07, 6.45) is 4.84. The van der Waals surface area contributed by atoms with Gasteiger partial charge in [0.05, 0.1) is 0 Å². The second kappa shape index (κ2) is 26.0. The van der Waals surface area contributed by atoms with E-state index in [1.807, 2.05) is 6.92 Å². The number of hydrogen-bond donors (Lipinski definition) is 7. The van der Waals surface area contributed by atoms with Crippen LogP contribution in [0, 0.1) is 0 Å². The number of unbranched alkanes of at least 4 members (excludes halogenated alkanes) is 1. The van der Waals surface area contributed by atoms with Gasteiger partial charge in [0.2, 0.25) is 0 Å². The van der Waals surface area contributed by atoms with Gasteiger partial charge in [-0.2, -0.15) is 0 Å². The number of rotatable bonds is 7. The van der Waals surface area contributed by atoms with Crippen molar-refractivity contribution in [1.29, 1.82) is 0 Å². The van der Waals surface area contributed by atoms with E-state index in [-0.39, 0.29) is 6.42 Å². The van der Waals surface area contributed by atoms with E-state index < -0.39 is 29.9 Å². The van der Waals surface area contributed by atoms with Crippen molar-refractivity contribution in [3.8, 4) is 0 Å². The molecule has 0 radical (unpaired) electrons. The standard InChI is InChI=1S/C5H12O3.4C3H4O2/c1-2-3-4-5(6,7)8;4*1-2-3(4)5/h6-8H,2-4H2,1H3;4*2H,1H2,(H,4,5). The largest absolute Gasteiger partial charge is 0.478 e. The number of aliphatic hydroxyl groups is 3. The molecule has 0 fully saturated rings. The molecule has 7 N–H and O–H groups in total. The highest BCUT2D eigenvalue weighted by Crippen LogP contribution is 2.05. The Morgan fingerprint density at radius 1 is 0.679 bits per heavy atom. The molecular formula is C17H28O11. The molecule has 28 heavy (non-hydrogen) atoms. The van der Waals surface area contributed by atoms with E-state index in [1.165, 1.54) is 0 Å². The third-order valence-corrected chi connectivity index (χ3v) is 1.56. The van der Waals surface area contributed by atoms with Crippen LogP contribution >= 0.6 is 0 Å². The summed E-state index contributed by atoms with van der Waals surface area (Å²) in [5.74, 6) is -6.37. The Labute approximate surface area is 162 Å². The maximum atomic E-state index is 9.25. The highest BCUT2D eigenvalue weighted by atomic mass is 16.7. The molecule has 0 saturated carbocycles. The normalized spacial score (nSPS) is 8.00. The first-order valence-corrected chi connectivity index (χ1v) is 7.23. The maximum absolute atomic E-state index is 9.25. The predicted octanol–water partition coefficient (Wildman–Crippen LogP) is 0.835. The summed E-state index contributed by atoms with van der Waals surface area (Å²) in [5.41, 5.74) is 0. The molecular weight excluding hydrogens is 380 g/mol. The van der Waals surface area contributed by atoms with Crippen LogP contribution in [0.25, 0.3) is 0 Å². The molecule has 0 aromatic rings. The van der Waals surface area contributed by atoms with E-state index in [9.17, 15) is 19.2 Å². The minimum Gasteiger partial charge on any atom is -0.478 e. The van der Waals surface area contributed by atoms with E-state index in [0.29, 0.717) is 6.42 Å². The van der Waals surface area contributed by atoms with Crippen LogP contribution in [0.5, 0.6) is 0 Å². The second-order valence-electron chi connectivity index (χ2n) is 4.05. The van der Waals surface area contributed by atoms with Gasteiger partial charge in [-0.3, -0.25) is 0 Å². The fourth-order valence-corrected chi connectivity index (χ4v) is 0.414. The lowest BCUT2D eigenvalue weighted by Gasteiger charge is -2.11. The average Bonchev–Trinajstić information content (AvgIpc) is 2.61. The second-order valence-corrected chi connectivity index (χ2v) is 4.05. The van der Waals surface area contributed by atoms with Crippen LogP contribution < -0.4 is 0 Å². The predicted molar refractivity (Wildman–Crippen MR) is 100 cm³/mol. The Hall–Kier alpha value is -3.28. The van der Waals surface area contributed by atoms with Crippen LogP contribution in [-0.2, 0) is 19.2 Å². The van der Waals surface area contributed by atoms with Gasteiger partial charge < -0.3 is 35.7 Å². The molecule has 0 spiro atoms. The van der Waals surface area contributed by atoms with Gasteiger partial charge in [-0.15, -0.1) is 0 Å². The van der Waals surface area contributed by atoms with Crippen LogP contribution in [0.2, 0.25) is 0 Å². The van der Waals surface area contributed by atoms with Gasteiger partial charge in [0.25, 0.3) is 5.97 Å². The van der Waals surface area contributed by atoms with Gasteiger partial charge in [-0.1, -0.05) is 39.7 Å².